The van der Waals surface area contributed by atoms with Gasteiger partial charge in [-0.2, -0.15) is 0 Å². The van der Waals surface area contributed by atoms with Crippen molar-refractivity contribution in [2.75, 3.05) is 6.54 Å². The van der Waals surface area contributed by atoms with Crippen molar-refractivity contribution in [2.24, 2.45) is 5.92 Å². The van der Waals surface area contributed by atoms with Crippen LogP contribution in [0.5, 0.6) is 0 Å². The van der Waals surface area contributed by atoms with Crippen LogP contribution in [0.25, 0.3) is 0 Å². The lowest BCUT2D eigenvalue weighted by Crippen LogP contribution is -2.46. The summed E-state index contributed by atoms with van der Waals surface area (Å²) in [6, 6.07) is 16.6. The van der Waals surface area contributed by atoms with Gasteiger partial charge in [-0.25, -0.2) is 4.39 Å². The summed E-state index contributed by atoms with van der Waals surface area (Å²) in [7, 11) is 0. The van der Waals surface area contributed by atoms with Crippen molar-refractivity contribution in [2.45, 2.75) is 38.3 Å². The summed E-state index contributed by atoms with van der Waals surface area (Å²) >= 11 is 0. The lowest BCUT2D eigenvalue weighted by atomic mass is 9.80. The standard InChI is InChI=1S/C20H22FN/c21-19-7-3-4-15(11-19)13-22-14-16-8-9-20(22)12-18-6-2-1-5-17(18)10-16/h1-7,11,16,20H,8-10,12-14H2/t16-,20+/m1/s1. The average molecular weight is 295 g/mol. The second kappa shape index (κ2) is 5.85. The summed E-state index contributed by atoms with van der Waals surface area (Å²) in [6.45, 7) is 2.02. The molecule has 0 radical (unpaired) electrons. The number of halogens is 1. The molecule has 22 heavy (non-hydrogen) atoms. The van der Waals surface area contributed by atoms with Crippen molar-refractivity contribution in [3.8, 4) is 0 Å². The minimum Gasteiger partial charge on any atom is -0.296 e. The van der Waals surface area contributed by atoms with E-state index in [4.69, 9.17) is 0 Å². The fourth-order valence-corrected chi connectivity index (χ4v) is 4.16. The van der Waals surface area contributed by atoms with E-state index in [0.29, 0.717) is 6.04 Å². The molecule has 1 nitrogen and oxygen atoms in total. The molecule has 0 spiro atoms. The van der Waals surface area contributed by atoms with E-state index < -0.39 is 0 Å². The van der Waals surface area contributed by atoms with Crippen LogP contribution < -0.4 is 0 Å². The van der Waals surface area contributed by atoms with E-state index in [9.17, 15) is 4.39 Å². The van der Waals surface area contributed by atoms with Gasteiger partial charge in [0.15, 0.2) is 0 Å². The second-order valence-corrected chi connectivity index (χ2v) is 6.83. The van der Waals surface area contributed by atoms with Crippen LogP contribution >= 0.6 is 0 Å². The maximum Gasteiger partial charge on any atom is 0.123 e. The maximum absolute atomic E-state index is 13.4. The Morgan fingerprint density at radius 1 is 0.955 bits per heavy atom. The summed E-state index contributed by atoms with van der Waals surface area (Å²) in [5, 5.41) is 0. The molecule has 3 aliphatic rings. The zero-order valence-electron chi connectivity index (χ0n) is 12.8. The van der Waals surface area contributed by atoms with E-state index in [2.05, 4.69) is 29.2 Å². The number of hydrogen-bond acceptors (Lipinski definition) is 1. The fourth-order valence-electron chi connectivity index (χ4n) is 4.16. The summed E-state index contributed by atoms with van der Waals surface area (Å²) in [5.74, 6) is 0.617. The van der Waals surface area contributed by atoms with E-state index in [1.807, 2.05) is 12.1 Å². The van der Waals surface area contributed by atoms with Crippen LogP contribution in [0, 0.1) is 11.7 Å². The predicted octanol–water partition coefficient (Wildman–Crippen LogP) is 4.21. The lowest BCUT2D eigenvalue weighted by molar-refractivity contribution is 0.0937. The highest BCUT2D eigenvalue weighted by molar-refractivity contribution is 5.30. The van der Waals surface area contributed by atoms with E-state index >= 15 is 0 Å². The maximum atomic E-state index is 13.4. The number of rotatable bonds is 2. The highest BCUT2D eigenvalue weighted by Gasteiger charge is 2.31. The molecule has 0 N–H and O–H groups in total. The van der Waals surface area contributed by atoms with Crippen molar-refractivity contribution < 1.29 is 4.39 Å². The zero-order valence-corrected chi connectivity index (χ0v) is 12.8. The molecule has 1 fully saturated rings. The molecule has 0 aromatic heterocycles. The zero-order chi connectivity index (χ0) is 14.9. The van der Waals surface area contributed by atoms with Gasteiger partial charge >= 0.3 is 0 Å². The molecule has 1 aliphatic carbocycles. The van der Waals surface area contributed by atoms with Gasteiger partial charge in [0.05, 0.1) is 0 Å². The molecule has 2 aromatic carbocycles. The van der Waals surface area contributed by atoms with Gasteiger partial charge < -0.3 is 0 Å². The number of benzene rings is 2. The topological polar surface area (TPSA) is 3.24 Å². The van der Waals surface area contributed by atoms with Crippen LogP contribution in [0.3, 0.4) is 0 Å². The quantitative estimate of drug-likeness (QED) is 0.802. The molecule has 5 rings (SSSR count). The molecule has 0 saturated carbocycles. The van der Waals surface area contributed by atoms with E-state index in [-0.39, 0.29) is 5.82 Å². The predicted molar refractivity (Wildman–Crippen MR) is 87.2 cm³/mol. The first-order chi connectivity index (χ1) is 10.8. The smallest absolute Gasteiger partial charge is 0.123 e. The van der Waals surface area contributed by atoms with Crippen molar-refractivity contribution in [1.29, 1.82) is 0 Å². The number of fused-ring (bicyclic) bond motifs is 2. The van der Waals surface area contributed by atoms with E-state index in [1.54, 1.807) is 11.6 Å². The molecule has 2 heteroatoms. The number of hydrogen-bond donors (Lipinski definition) is 0. The molecular weight excluding hydrogens is 273 g/mol. The Morgan fingerprint density at radius 2 is 1.77 bits per heavy atom. The third-order valence-electron chi connectivity index (χ3n) is 5.27. The minimum absolute atomic E-state index is 0.125. The van der Waals surface area contributed by atoms with Crippen molar-refractivity contribution in [1.82, 2.24) is 4.90 Å². The van der Waals surface area contributed by atoms with Gasteiger partial charge in [-0.3, -0.25) is 4.90 Å². The van der Waals surface area contributed by atoms with Crippen LogP contribution in [-0.4, -0.2) is 17.5 Å². The summed E-state index contributed by atoms with van der Waals surface area (Å²) < 4.78 is 13.4. The highest BCUT2D eigenvalue weighted by Crippen LogP contribution is 2.33. The molecule has 2 aromatic rings. The molecule has 2 heterocycles. The number of nitrogens with zero attached hydrogens (tertiary/aromatic N) is 1. The fraction of sp³-hybridized carbons (Fsp3) is 0.400. The second-order valence-electron chi connectivity index (χ2n) is 6.83. The Hall–Kier alpha value is -1.67. The highest BCUT2D eigenvalue weighted by atomic mass is 19.1. The Bertz CT molecular complexity index is 666. The number of piperidine rings is 1. The minimum atomic E-state index is -0.125. The third kappa shape index (κ3) is 2.80. The average Bonchev–Trinajstić information content (AvgIpc) is 2.48. The summed E-state index contributed by atoms with van der Waals surface area (Å²) in [6.07, 6.45) is 4.94. The van der Waals surface area contributed by atoms with Crippen LogP contribution in [0.4, 0.5) is 4.39 Å². The molecule has 2 bridgehead atoms. The van der Waals surface area contributed by atoms with E-state index in [1.165, 1.54) is 30.9 Å². The van der Waals surface area contributed by atoms with Gasteiger partial charge in [-0.1, -0.05) is 36.4 Å². The Kier molecular flexibility index (Phi) is 3.71. The first-order valence-corrected chi connectivity index (χ1v) is 8.33. The van der Waals surface area contributed by atoms with E-state index in [0.717, 1.165) is 31.0 Å². The van der Waals surface area contributed by atoms with Gasteiger partial charge in [0.25, 0.3) is 0 Å². The molecule has 0 amide bonds. The summed E-state index contributed by atoms with van der Waals surface area (Å²) in [5.41, 5.74) is 4.16. The summed E-state index contributed by atoms with van der Waals surface area (Å²) in [4.78, 5) is 2.58. The molecule has 114 valence electrons. The van der Waals surface area contributed by atoms with Gasteiger partial charge in [-0.15, -0.1) is 0 Å². The Balaban J connectivity index is 1.58. The normalized spacial score (nSPS) is 24.6. The first-order valence-electron chi connectivity index (χ1n) is 8.33. The molecule has 1 saturated heterocycles. The molecule has 0 unspecified atom stereocenters. The van der Waals surface area contributed by atoms with Crippen LogP contribution in [0.2, 0.25) is 0 Å². The Morgan fingerprint density at radius 3 is 2.59 bits per heavy atom. The van der Waals surface area contributed by atoms with Gasteiger partial charge in [0, 0.05) is 19.1 Å². The van der Waals surface area contributed by atoms with Crippen molar-refractivity contribution in [3.05, 3.63) is 71.0 Å². The van der Waals surface area contributed by atoms with Crippen molar-refractivity contribution >= 4 is 0 Å². The first kappa shape index (κ1) is 14.0. The molecule has 2 atom stereocenters. The third-order valence-corrected chi connectivity index (χ3v) is 5.27. The molecule has 2 aliphatic heterocycles. The van der Waals surface area contributed by atoms with Crippen LogP contribution in [-0.2, 0) is 19.4 Å². The Labute approximate surface area is 131 Å². The molecular formula is C20H22FN. The van der Waals surface area contributed by atoms with Crippen LogP contribution in [0.1, 0.15) is 29.5 Å². The van der Waals surface area contributed by atoms with Gasteiger partial charge in [0.1, 0.15) is 5.82 Å². The van der Waals surface area contributed by atoms with Gasteiger partial charge in [-0.05, 0) is 60.4 Å². The monoisotopic (exact) mass is 295 g/mol. The lowest BCUT2D eigenvalue weighted by Gasteiger charge is -2.42. The van der Waals surface area contributed by atoms with Crippen LogP contribution in [0.15, 0.2) is 48.5 Å². The van der Waals surface area contributed by atoms with Crippen molar-refractivity contribution in [3.63, 3.8) is 0 Å². The largest absolute Gasteiger partial charge is 0.296 e. The SMILES string of the molecule is Fc1cccc(CN2C[C@@H]3CC[C@H]2Cc2ccccc2C3)c1. The van der Waals surface area contributed by atoms with Gasteiger partial charge in [0.2, 0.25) is 0 Å².